The summed E-state index contributed by atoms with van der Waals surface area (Å²) >= 11 is 0. The molecular formula is C35H29NO9. The molecule has 0 radical (unpaired) electrons. The fraction of sp³-hybridized carbons (Fsp3) is 0.143. The van der Waals surface area contributed by atoms with E-state index in [9.17, 15) is 19.2 Å². The number of rotatable bonds is 12. The van der Waals surface area contributed by atoms with Crippen molar-refractivity contribution in [3.8, 4) is 17.2 Å². The molecule has 0 spiro atoms. The van der Waals surface area contributed by atoms with E-state index in [1.165, 1.54) is 24.5 Å². The maximum absolute atomic E-state index is 13.2. The van der Waals surface area contributed by atoms with Crippen LogP contribution in [0.2, 0.25) is 0 Å². The smallest absolute Gasteiger partial charge is 0.408 e. The Hall–Kier alpha value is -5.90. The summed E-state index contributed by atoms with van der Waals surface area (Å²) in [6, 6.07) is 29.9. The molecule has 0 saturated carbocycles. The largest absolute Gasteiger partial charge is 0.461 e. The molecule has 0 fully saturated rings. The number of carbonyl (C=O) groups excluding carboxylic acids is 3. The second-order valence-electron chi connectivity index (χ2n) is 9.87. The molecule has 1 aromatic heterocycles. The van der Waals surface area contributed by atoms with Gasteiger partial charge >= 0.3 is 18.0 Å². The summed E-state index contributed by atoms with van der Waals surface area (Å²) in [6.07, 6.45) is 0.0177. The van der Waals surface area contributed by atoms with Crippen LogP contribution in [0.1, 0.15) is 24.0 Å². The third kappa shape index (κ3) is 8.80. The van der Waals surface area contributed by atoms with Gasteiger partial charge in [0.05, 0.1) is 5.39 Å². The molecule has 228 valence electrons. The van der Waals surface area contributed by atoms with Gasteiger partial charge in [-0.15, -0.1) is 0 Å². The summed E-state index contributed by atoms with van der Waals surface area (Å²) in [5.74, 6) is -0.885. The monoisotopic (exact) mass is 607 g/mol. The van der Waals surface area contributed by atoms with Crippen molar-refractivity contribution < 1.29 is 37.7 Å². The molecule has 45 heavy (non-hydrogen) atoms. The number of hydrogen-bond donors (Lipinski definition) is 1. The molecule has 10 nitrogen and oxygen atoms in total. The molecule has 1 unspecified atom stereocenters. The third-order valence-corrected chi connectivity index (χ3v) is 6.57. The highest BCUT2D eigenvalue weighted by Gasteiger charge is 2.25. The summed E-state index contributed by atoms with van der Waals surface area (Å²) in [5.41, 5.74) is 1.31. The molecule has 5 rings (SSSR count). The number of nitrogens with one attached hydrogen (secondary N) is 1. The molecule has 0 saturated heterocycles. The molecule has 0 aliphatic rings. The second kappa shape index (κ2) is 15.0. The van der Waals surface area contributed by atoms with Crippen molar-refractivity contribution >= 4 is 29.0 Å². The molecule has 1 N–H and O–H groups in total. The van der Waals surface area contributed by atoms with Crippen molar-refractivity contribution in [2.45, 2.75) is 32.1 Å². The van der Waals surface area contributed by atoms with E-state index in [1.807, 2.05) is 42.5 Å². The molecule has 4 aromatic carbocycles. The first-order valence-corrected chi connectivity index (χ1v) is 14.1. The average molecular weight is 608 g/mol. The Labute approximate surface area is 258 Å². The van der Waals surface area contributed by atoms with E-state index in [4.69, 9.17) is 23.4 Å². The Morgan fingerprint density at radius 2 is 1.36 bits per heavy atom. The number of para-hydroxylation sites is 1. The van der Waals surface area contributed by atoms with Crippen LogP contribution >= 0.6 is 0 Å². The number of alkyl carbamates (subject to hydrolysis) is 1. The molecule has 10 heteroatoms. The lowest BCUT2D eigenvalue weighted by atomic mass is 10.1. The first-order valence-electron chi connectivity index (χ1n) is 14.1. The van der Waals surface area contributed by atoms with E-state index in [2.05, 4.69) is 5.32 Å². The maximum atomic E-state index is 13.2. The fourth-order valence-corrected chi connectivity index (χ4v) is 4.26. The van der Waals surface area contributed by atoms with Crippen LogP contribution < -0.4 is 20.2 Å². The second-order valence-corrected chi connectivity index (χ2v) is 9.87. The zero-order valence-electron chi connectivity index (χ0n) is 24.0. The van der Waals surface area contributed by atoms with E-state index >= 15 is 0 Å². The van der Waals surface area contributed by atoms with Crippen molar-refractivity contribution in [1.29, 1.82) is 0 Å². The normalized spacial score (nSPS) is 11.3. The Kier molecular flexibility index (Phi) is 10.2. The molecule has 0 aliphatic carbocycles. The molecule has 1 amide bonds. The van der Waals surface area contributed by atoms with E-state index in [0.29, 0.717) is 5.75 Å². The third-order valence-electron chi connectivity index (χ3n) is 6.57. The van der Waals surface area contributed by atoms with Gasteiger partial charge < -0.3 is 28.7 Å². The molecule has 1 atom stereocenters. The number of hydrogen-bond acceptors (Lipinski definition) is 9. The summed E-state index contributed by atoms with van der Waals surface area (Å²) < 4.78 is 27.3. The molecule has 0 bridgehead atoms. The quantitative estimate of drug-likeness (QED) is 0.128. The summed E-state index contributed by atoms with van der Waals surface area (Å²) in [4.78, 5) is 51.2. The maximum Gasteiger partial charge on any atom is 0.408 e. The van der Waals surface area contributed by atoms with Gasteiger partial charge in [0, 0.05) is 12.5 Å². The minimum Gasteiger partial charge on any atom is -0.461 e. The van der Waals surface area contributed by atoms with Crippen molar-refractivity contribution in [1.82, 2.24) is 5.32 Å². The van der Waals surface area contributed by atoms with Crippen LogP contribution in [-0.2, 0) is 32.3 Å². The lowest BCUT2D eigenvalue weighted by Gasteiger charge is -2.17. The Morgan fingerprint density at radius 1 is 0.733 bits per heavy atom. The number of carbonyl (C=O) groups is 3. The van der Waals surface area contributed by atoms with Gasteiger partial charge in [0.15, 0.2) is 0 Å². The van der Waals surface area contributed by atoms with Crippen LogP contribution in [-0.4, -0.2) is 24.1 Å². The minimum atomic E-state index is -1.25. The molecule has 0 aliphatic heterocycles. The van der Waals surface area contributed by atoms with Gasteiger partial charge in [0.25, 0.3) is 0 Å². The highest BCUT2D eigenvalue weighted by molar-refractivity contribution is 5.85. The standard InChI is InChI=1S/C35H29NO9/c37-32(42-21-24-10-4-1-5-11-24)19-18-29(36-35(40)43-22-25-12-6-2-7-13-25)34(39)45-27-16-17-28-30(20-27)41-23-31(33(28)38)44-26-14-8-3-9-15-26/h1-17,20,23,29H,18-19,21-22H2,(H,36,40). The Bertz CT molecular complexity index is 1810. The van der Waals surface area contributed by atoms with Gasteiger partial charge in [-0.1, -0.05) is 78.9 Å². The van der Waals surface area contributed by atoms with Crippen LogP contribution in [0.15, 0.2) is 125 Å². The van der Waals surface area contributed by atoms with E-state index in [-0.39, 0.29) is 48.5 Å². The average Bonchev–Trinajstić information content (AvgIpc) is 3.07. The van der Waals surface area contributed by atoms with Gasteiger partial charge in [-0.25, -0.2) is 9.59 Å². The van der Waals surface area contributed by atoms with Crippen molar-refractivity contribution in [2.75, 3.05) is 0 Å². The molecule has 5 aromatic rings. The summed E-state index contributed by atoms with van der Waals surface area (Å²) in [5, 5.41) is 2.69. The van der Waals surface area contributed by atoms with E-state index in [1.54, 1.807) is 48.5 Å². The first-order chi connectivity index (χ1) is 21.9. The Balaban J connectivity index is 1.25. The predicted octanol–water partition coefficient (Wildman–Crippen LogP) is 6.31. The van der Waals surface area contributed by atoms with Crippen LogP contribution in [0.5, 0.6) is 17.2 Å². The Morgan fingerprint density at radius 3 is 2.02 bits per heavy atom. The van der Waals surface area contributed by atoms with Crippen LogP contribution in [0.4, 0.5) is 4.79 Å². The SMILES string of the molecule is O=C(CCC(NC(=O)OCc1ccccc1)C(=O)Oc1ccc2c(=O)c(Oc3ccccc3)coc2c1)OCc1ccccc1. The van der Waals surface area contributed by atoms with E-state index < -0.39 is 29.5 Å². The van der Waals surface area contributed by atoms with Gasteiger partial charge in [-0.2, -0.15) is 0 Å². The number of benzene rings is 4. The lowest BCUT2D eigenvalue weighted by Crippen LogP contribution is -2.43. The van der Waals surface area contributed by atoms with Crippen molar-refractivity contribution in [2.24, 2.45) is 0 Å². The molecular weight excluding hydrogens is 578 g/mol. The number of esters is 2. The number of ether oxygens (including phenoxy) is 4. The lowest BCUT2D eigenvalue weighted by molar-refractivity contribution is -0.145. The number of fused-ring (bicyclic) bond motifs is 1. The first kappa shape index (κ1) is 30.6. The van der Waals surface area contributed by atoms with Gasteiger partial charge in [0.2, 0.25) is 11.2 Å². The van der Waals surface area contributed by atoms with Crippen LogP contribution in [0.25, 0.3) is 11.0 Å². The van der Waals surface area contributed by atoms with Gasteiger partial charge in [0.1, 0.15) is 42.6 Å². The number of amides is 1. The van der Waals surface area contributed by atoms with Crippen LogP contribution in [0, 0.1) is 0 Å². The molecule has 1 heterocycles. The highest BCUT2D eigenvalue weighted by atomic mass is 16.6. The van der Waals surface area contributed by atoms with E-state index in [0.717, 1.165) is 11.1 Å². The van der Waals surface area contributed by atoms with Crippen LogP contribution in [0.3, 0.4) is 0 Å². The van der Waals surface area contributed by atoms with Gasteiger partial charge in [-0.05, 0) is 41.8 Å². The topological polar surface area (TPSA) is 130 Å². The predicted molar refractivity (Wildman–Crippen MR) is 164 cm³/mol. The van der Waals surface area contributed by atoms with Crippen molar-refractivity contribution in [3.63, 3.8) is 0 Å². The zero-order chi connectivity index (χ0) is 31.4. The summed E-state index contributed by atoms with van der Waals surface area (Å²) in [7, 11) is 0. The minimum absolute atomic E-state index is 0.00382. The van der Waals surface area contributed by atoms with Gasteiger partial charge in [-0.3, -0.25) is 9.59 Å². The fourth-order valence-electron chi connectivity index (χ4n) is 4.26. The summed E-state index contributed by atoms with van der Waals surface area (Å²) in [6.45, 7) is 0.0506. The highest BCUT2D eigenvalue weighted by Crippen LogP contribution is 2.24. The van der Waals surface area contributed by atoms with Crippen molar-refractivity contribution in [3.05, 3.63) is 137 Å². The zero-order valence-corrected chi connectivity index (χ0v) is 24.0.